The maximum atomic E-state index is 12.0. The zero-order valence-electron chi connectivity index (χ0n) is 21.2. The van der Waals surface area contributed by atoms with Crippen molar-refractivity contribution in [2.24, 2.45) is 5.41 Å². The largest absolute Gasteiger partial charge is 0.483 e. The van der Waals surface area contributed by atoms with Gasteiger partial charge in [0.1, 0.15) is 11.5 Å². The van der Waals surface area contributed by atoms with Crippen LogP contribution in [-0.4, -0.2) is 93.8 Å². The summed E-state index contributed by atoms with van der Waals surface area (Å²) in [4.78, 5) is 36.5. The van der Waals surface area contributed by atoms with Crippen molar-refractivity contribution in [3.63, 3.8) is 0 Å². The number of carbonyl (C=O) groups is 2. The molecule has 3 aromatic heterocycles. The van der Waals surface area contributed by atoms with Crippen LogP contribution in [0.25, 0.3) is 16.8 Å². The zero-order valence-corrected chi connectivity index (χ0v) is 21.2. The predicted molar refractivity (Wildman–Crippen MR) is 140 cm³/mol. The molecule has 196 valence electrons. The van der Waals surface area contributed by atoms with E-state index in [4.69, 9.17) is 19.6 Å². The minimum absolute atomic E-state index is 0.149. The Balaban J connectivity index is 0.000000892. The van der Waals surface area contributed by atoms with E-state index in [-0.39, 0.29) is 12.6 Å². The number of ether oxygens (including phenoxy) is 1. The van der Waals surface area contributed by atoms with E-state index in [0.29, 0.717) is 18.1 Å². The number of aromatic nitrogens is 3. The van der Waals surface area contributed by atoms with E-state index < -0.39 is 0 Å². The Labute approximate surface area is 216 Å². The molecule has 1 N–H and O–H groups in total. The van der Waals surface area contributed by atoms with E-state index >= 15 is 0 Å². The Morgan fingerprint density at radius 3 is 2.70 bits per heavy atom. The van der Waals surface area contributed by atoms with Crippen molar-refractivity contribution in [3.8, 4) is 11.1 Å². The third-order valence-corrected chi connectivity index (χ3v) is 7.87. The van der Waals surface area contributed by atoms with Crippen molar-refractivity contribution in [1.29, 1.82) is 0 Å². The van der Waals surface area contributed by atoms with Gasteiger partial charge < -0.3 is 24.0 Å². The first-order valence-corrected chi connectivity index (χ1v) is 12.9. The maximum Gasteiger partial charge on any atom is 0.409 e. The van der Waals surface area contributed by atoms with Gasteiger partial charge in [-0.3, -0.25) is 9.69 Å². The Morgan fingerprint density at radius 1 is 1.16 bits per heavy atom. The van der Waals surface area contributed by atoms with Crippen molar-refractivity contribution in [3.05, 3.63) is 49.1 Å². The number of rotatable bonds is 4. The zero-order chi connectivity index (χ0) is 25.8. The van der Waals surface area contributed by atoms with Crippen LogP contribution < -0.4 is 4.90 Å². The maximum absolute atomic E-state index is 12.0. The standard InChI is InChI=1S/C26H32N6O2.CH2O2/c1-2-34-25(33)32-18-26(19-32)8-7-21(16-26)29-12-14-30(15-13-29)24-22(4-3-9-28-24)20-5-6-23-27-10-11-31(23)17-20;2-1-3/h3-6,9-11,17,21H,2,7-8,12-16,18-19H2,1H3;1H,(H,2,3). The first-order chi connectivity index (χ1) is 18.1. The second-order valence-corrected chi connectivity index (χ2v) is 10.1. The number of amides is 1. The van der Waals surface area contributed by atoms with Crippen LogP contribution in [0.4, 0.5) is 10.6 Å². The molecule has 0 radical (unpaired) electrons. The number of nitrogens with zero attached hydrogens (tertiary/aromatic N) is 6. The van der Waals surface area contributed by atoms with Crippen LogP contribution in [0.3, 0.4) is 0 Å². The lowest BCUT2D eigenvalue weighted by atomic mass is 9.78. The molecular formula is C27H34N6O4. The smallest absolute Gasteiger partial charge is 0.409 e. The minimum atomic E-state index is -0.250. The highest BCUT2D eigenvalue weighted by atomic mass is 16.6. The summed E-state index contributed by atoms with van der Waals surface area (Å²) in [6.45, 7) is 7.86. The number of carboxylic acid groups (broad SMARTS) is 1. The predicted octanol–water partition coefficient (Wildman–Crippen LogP) is 3.23. The van der Waals surface area contributed by atoms with Gasteiger partial charge in [-0.05, 0) is 50.5 Å². The van der Waals surface area contributed by atoms with Gasteiger partial charge in [0, 0.05) is 86.6 Å². The number of imidazole rings is 1. The minimum Gasteiger partial charge on any atom is -0.483 e. The van der Waals surface area contributed by atoms with E-state index in [1.807, 2.05) is 36.5 Å². The fraction of sp³-hybridized carbons (Fsp3) is 0.481. The van der Waals surface area contributed by atoms with Gasteiger partial charge >= 0.3 is 6.09 Å². The van der Waals surface area contributed by atoms with Crippen LogP contribution >= 0.6 is 0 Å². The highest BCUT2D eigenvalue weighted by Gasteiger charge is 2.51. The third-order valence-electron chi connectivity index (χ3n) is 7.87. The van der Waals surface area contributed by atoms with Crippen LogP contribution in [0.2, 0.25) is 0 Å². The Hall–Kier alpha value is -3.66. The van der Waals surface area contributed by atoms with Gasteiger partial charge in [-0.2, -0.15) is 0 Å². The lowest BCUT2D eigenvalue weighted by molar-refractivity contribution is -0.122. The number of likely N-dealkylation sites (tertiary alicyclic amines) is 1. The number of piperazine rings is 1. The molecule has 1 aliphatic carbocycles. The SMILES string of the molecule is CCOC(=O)N1CC2(CCC(N3CCN(c4ncccc4-c4ccc5nccn5c4)CC3)C2)C1.O=CO. The lowest BCUT2D eigenvalue weighted by Gasteiger charge is -2.48. The molecule has 10 heteroatoms. The Morgan fingerprint density at radius 2 is 1.95 bits per heavy atom. The molecule has 37 heavy (non-hydrogen) atoms. The van der Waals surface area contributed by atoms with Gasteiger partial charge in [0.15, 0.2) is 0 Å². The molecular weight excluding hydrogens is 472 g/mol. The first kappa shape index (κ1) is 25.0. The highest BCUT2D eigenvalue weighted by molar-refractivity contribution is 5.76. The van der Waals surface area contributed by atoms with Crippen molar-refractivity contribution >= 4 is 24.0 Å². The quantitative estimate of drug-likeness (QED) is 0.538. The fourth-order valence-electron chi connectivity index (χ4n) is 6.14. The van der Waals surface area contributed by atoms with Crippen LogP contribution in [0.5, 0.6) is 0 Å². The number of hydrogen-bond donors (Lipinski definition) is 1. The van der Waals surface area contributed by atoms with E-state index in [1.165, 1.54) is 24.8 Å². The summed E-state index contributed by atoms with van der Waals surface area (Å²) in [7, 11) is 0. The molecule has 3 fully saturated rings. The average Bonchev–Trinajstić information content (AvgIpc) is 3.56. The number of fused-ring (bicyclic) bond motifs is 1. The number of anilines is 1. The van der Waals surface area contributed by atoms with Crippen LogP contribution in [0.1, 0.15) is 26.2 Å². The average molecular weight is 507 g/mol. The van der Waals surface area contributed by atoms with Gasteiger partial charge in [-0.1, -0.05) is 0 Å². The van der Waals surface area contributed by atoms with Gasteiger partial charge in [-0.25, -0.2) is 14.8 Å². The second kappa shape index (κ2) is 10.8. The fourth-order valence-corrected chi connectivity index (χ4v) is 6.14. The molecule has 6 rings (SSSR count). The molecule has 3 aliphatic rings. The monoisotopic (exact) mass is 506 g/mol. The van der Waals surface area contributed by atoms with Crippen LogP contribution in [0, 0.1) is 5.41 Å². The van der Waals surface area contributed by atoms with Crippen molar-refractivity contribution in [2.45, 2.75) is 32.2 Å². The van der Waals surface area contributed by atoms with Gasteiger partial charge in [0.2, 0.25) is 0 Å². The molecule has 5 heterocycles. The Bertz CT molecular complexity index is 1230. The summed E-state index contributed by atoms with van der Waals surface area (Å²) < 4.78 is 7.22. The lowest BCUT2D eigenvalue weighted by Crippen LogP contribution is -2.58. The van der Waals surface area contributed by atoms with Gasteiger partial charge in [0.05, 0.1) is 6.61 Å². The normalized spacial score (nSPS) is 20.8. The molecule has 2 saturated heterocycles. The molecule has 2 aliphatic heterocycles. The summed E-state index contributed by atoms with van der Waals surface area (Å²) in [6, 6.07) is 9.00. The van der Waals surface area contributed by atoms with Gasteiger partial charge in [0.25, 0.3) is 6.47 Å². The summed E-state index contributed by atoms with van der Waals surface area (Å²) in [6.07, 6.45) is 11.3. The third kappa shape index (κ3) is 5.11. The topological polar surface area (TPSA) is 104 Å². The van der Waals surface area contributed by atoms with Crippen LogP contribution in [0.15, 0.2) is 49.1 Å². The molecule has 1 saturated carbocycles. The van der Waals surface area contributed by atoms with Crippen molar-refractivity contribution < 1.29 is 19.4 Å². The van der Waals surface area contributed by atoms with E-state index in [0.717, 1.165) is 56.3 Å². The molecule has 1 spiro atoms. The van der Waals surface area contributed by atoms with E-state index in [9.17, 15) is 4.79 Å². The summed E-state index contributed by atoms with van der Waals surface area (Å²) in [5.41, 5.74) is 3.59. The van der Waals surface area contributed by atoms with Crippen LogP contribution in [-0.2, 0) is 9.53 Å². The molecule has 0 aromatic carbocycles. The van der Waals surface area contributed by atoms with Crippen molar-refractivity contribution in [1.82, 2.24) is 24.2 Å². The highest BCUT2D eigenvalue weighted by Crippen LogP contribution is 2.47. The number of carbonyl (C=O) groups excluding carboxylic acids is 1. The number of hydrogen-bond acceptors (Lipinski definition) is 7. The molecule has 1 amide bonds. The first-order valence-electron chi connectivity index (χ1n) is 12.9. The molecule has 1 atom stereocenters. The van der Waals surface area contributed by atoms with Gasteiger partial charge in [-0.15, -0.1) is 0 Å². The Kier molecular flexibility index (Phi) is 7.27. The second-order valence-electron chi connectivity index (χ2n) is 10.1. The summed E-state index contributed by atoms with van der Waals surface area (Å²) in [5.74, 6) is 1.06. The van der Waals surface area contributed by atoms with E-state index in [1.54, 1.807) is 0 Å². The molecule has 1 unspecified atom stereocenters. The number of pyridine rings is 2. The molecule has 10 nitrogen and oxygen atoms in total. The molecule has 3 aromatic rings. The van der Waals surface area contributed by atoms with E-state index in [2.05, 4.69) is 43.6 Å². The summed E-state index contributed by atoms with van der Waals surface area (Å²) >= 11 is 0. The summed E-state index contributed by atoms with van der Waals surface area (Å²) in [5, 5.41) is 6.89. The molecule has 0 bridgehead atoms. The van der Waals surface area contributed by atoms with Crippen molar-refractivity contribution in [2.75, 3.05) is 50.8 Å².